The number of hydrogen-bond donors (Lipinski definition) is 1. The molecule has 2 unspecified atom stereocenters. The number of hydrogen-bond acceptors (Lipinski definition) is 4. The Morgan fingerprint density at radius 3 is 2.91 bits per heavy atom. The summed E-state index contributed by atoms with van der Waals surface area (Å²) >= 11 is 3.33. The molecule has 6 heteroatoms. The maximum absolute atomic E-state index is 14.1. The predicted molar refractivity (Wildman–Crippen MR) is 84.3 cm³/mol. The smallest absolute Gasteiger partial charge is 0.170 e. The maximum atomic E-state index is 14.1. The molecule has 3 rings (SSSR count). The highest BCUT2D eigenvalue weighted by atomic mass is 79.9. The highest BCUT2D eigenvalue weighted by Gasteiger charge is 2.30. The lowest BCUT2D eigenvalue weighted by molar-refractivity contribution is -0.0459. The molecule has 4 nitrogen and oxygen atoms in total. The van der Waals surface area contributed by atoms with Gasteiger partial charge in [0.15, 0.2) is 17.7 Å². The van der Waals surface area contributed by atoms with Crippen molar-refractivity contribution >= 4 is 15.9 Å². The predicted octanol–water partition coefficient (Wildman–Crippen LogP) is 3.09. The number of nitrogens with one attached hydrogen (secondary N) is 1. The van der Waals surface area contributed by atoms with Crippen molar-refractivity contribution < 1.29 is 13.9 Å². The fourth-order valence-corrected chi connectivity index (χ4v) is 2.81. The van der Waals surface area contributed by atoms with Crippen molar-refractivity contribution in [3.63, 3.8) is 0 Å². The topological polar surface area (TPSA) is 43.4 Å². The number of rotatable bonds is 4. The molecular formula is C16H16BrFN2O2. The van der Waals surface area contributed by atoms with Crippen molar-refractivity contribution in [2.75, 3.05) is 19.7 Å². The van der Waals surface area contributed by atoms with E-state index in [2.05, 4.69) is 26.2 Å². The molecule has 1 aliphatic heterocycles. The van der Waals surface area contributed by atoms with Crippen LogP contribution in [0.25, 0.3) is 0 Å². The summed E-state index contributed by atoms with van der Waals surface area (Å²) in [4.78, 5) is 4.34. The monoisotopic (exact) mass is 366 g/mol. The van der Waals surface area contributed by atoms with E-state index in [0.29, 0.717) is 23.3 Å². The van der Waals surface area contributed by atoms with Crippen LogP contribution in [-0.4, -0.2) is 30.8 Å². The first-order valence-corrected chi connectivity index (χ1v) is 7.89. The standard InChI is InChI=1S/C16H16BrFN2O2/c17-11-4-3-5-12(18)15(11)22-16(13-6-1-2-7-20-13)14-10-19-8-9-21-14/h1-7,14,16,19H,8-10H2. The zero-order valence-corrected chi connectivity index (χ0v) is 13.4. The first-order chi connectivity index (χ1) is 10.8. The minimum atomic E-state index is -0.484. The molecule has 2 aromatic rings. The van der Waals surface area contributed by atoms with E-state index in [1.807, 2.05) is 18.2 Å². The van der Waals surface area contributed by atoms with Crippen LogP contribution in [0.3, 0.4) is 0 Å². The Labute approximate surface area is 136 Å². The van der Waals surface area contributed by atoms with E-state index in [-0.39, 0.29) is 11.9 Å². The van der Waals surface area contributed by atoms with Crippen molar-refractivity contribution in [2.45, 2.75) is 12.2 Å². The first kappa shape index (κ1) is 15.4. The van der Waals surface area contributed by atoms with Crippen molar-refractivity contribution in [3.8, 4) is 5.75 Å². The number of para-hydroxylation sites is 1. The van der Waals surface area contributed by atoms with E-state index in [9.17, 15) is 4.39 Å². The molecule has 0 saturated carbocycles. The number of aromatic nitrogens is 1. The number of halogens is 2. The third-order valence-corrected chi connectivity index (χ3v) is 4.06. The zero-order valence-electron chi connectivity index (χ0n) is 11.8. The molecule has 2 atom stereocenters. The molecule has 1 aromatic carbocycles. The van der Waals surface area contributed by atoms with Gasteiger partial charge in [-0.15, -0.1) is 0 Å². The largest absolute Gasteiger partial charge is 0.477 e. The molecular weight excluding hydrogens is 351 g/mol. The molecule has 2 heterocycles. The van der Waals surface area contributed by atoms with Crippen LogP contribution in [-0.2, 0) is 4.74 Å². The van der Waals surface area contributed by atoms with Gasteiger partial charge in [0.2, 0.25) is 0 Å². The van der Waals surface area contributed by atoms with Gasteiger partial charge in [-0.2, -0.15) is 0 Å². The SMILES string of the molecule is Fc1cccc(Br)c1OC(c1ccccn1)C1CNCCO1. The Hall–Kier alpha value is -1.50. The molecule has 1 saturated heterocycles. The second kappa shape index (κ2) is 7.17. The van der Waals surface area contributed by atoms with Crippen molar-refractivity contribution in [1.82, 2.24) is 10.3 Å². The molecule has 1 fully saturated rings. The minimum Gasteiger partial charge on any atom is -0.477 e. The fourth-order valence-electron chi connectivity index (χ4n) is 2.37. The molecule has 1 aliphatic rings. The molecule has 0 bridgehead atoms. The summed E-state index contributed by atoms with van der Waals surface area (Å²) in [5.41, 5.74) is 0.714. The average Bonchev–Trinajstić information content (AvgIpc) is 2.56. The van der Waals surface area contributed by atoms with Crippen LogP contribution < -0.4 is 10.1 Å². The quantitative estimate of drug-likeness (QED) is 0.902. The molecule has 116 valence electrons. The summed E-state index contributed by atoms with van der Waals surface area (Å²) in [6, 6.07) is 10.3. The molecule has 1 aromatic heterocycles. The van der Waals surface area contributed by atoms with Gasteiger partial charge in [0.1, 0.15) is 6.10 Å². The van der Waals surface area contributed by atoms with Crippen molar-refractivity contribution in [2.24, 2.45) is 0 Å². The third kappa shape index (κ3) is 3.45. The lowest BCUT2D eigenvalue weighted by atomic mass is 10.1. The van der Waals surface area contributed by atoms with Crippen LogP contribution in [0.2, 0.25) is 0 Å². The zero-order chi connectivity index (χ0) is 15.4. The summed E-state index contributed by atoms with van der Waals surface area (Å²) in [5, 5.41) is 3.26. The van der Waals surface area contributed by atoms with Gasteiger partial charge >= 0.3 is 0 Å². The van der Waals surface area contributed by atoms with Gasteiger partial charge < -0.3 is 14.8 Å². The molecule has 0 aliphatic carbocycles. The van der Waals surface area contributed by atoms with Crippen LogP contribution in [0.5, 0.6) is 5.75 Å². The summed E-state index contributed by atoms with van der Waals surface area (Å²) < 4.78 is 26.4. The van der Waals surface area contributed by atoms with Crippen LogP contribution in [0.4, 0.5) is 4.39 Å². The van der Waals surface area contributed by atoms with Crippen molar-refractivity contribution in [3.05, 3.63) is 58.6 Å². The Balaban J connectivity index is 1.91. The number of morpholine rings is 1. The van der Waals surface area contributed by atoms with Gasteiger partial charge in [-0.1, -0.05) is 12.1 Å². The van der Waals surface area contributed by atoms with E-state index in [1.165, 1.54) is 6.07 Å². The average molecular weight is 367 g/mol. The summed E-state index contributed by atoms with van der Waals surface area (Å²) in [5.74, 6) is -0.244. The van der Waals surface area contributed by atoms with Gasteiger partial charge in [0, 0.05) is 19.3 Å². The number of pyridine rings is 1. The summed E-state index contributed by atoms with van der Waals surface area (Å²) in [7, 11) is 0. The normalized spacial score (nSPS) is 19.6. The number of ether oxygens (including phenoxy) is 2. The van der Waals surface area contributed by atoms with Crippen LogP contribution in [0.1, 0.15) is 11.8 Å². The van der Waals surface area contributed by atoms with E-state index >= 15 is 0 Å². The fraction of sp³-hybridized carbons (Fsp3) is 0.312. The maximum Gasteiger partial charge on any atom is 0.170 e. The first-order valence-electron chi connectivity index (χ1n) is 7.09. The molecule has 0 spiro atoms. The van der Waals surface area contributed by atoms with Crippen LogP contribution in [0, 0.1) is 5.82 Å². The Morgan fingerprint density at radius 2 is 2.23 bits per heavy atom. The third-order valence-electron chi connectivity index (χ3n) is 3.44. The van der Waals surface area contributed by atoms with Gasteiger partial charge in [0.05, 0.1) is 16.8 Å². The van der Waals surface area contributed by atoms with Crippen molar-refractivity contribution in [1.29, 1.82) is 0 Å². The lowest BCUT2D eigenvalue weighted by Gasteiger charge is -2.31. The highest BCUT2D eigenvalue weighted by Crippen LogP contribution is 2.33. The molecule has 0 amide bonds. The number of nitrogens with zero attached hydrogens (tertiary/aromatic N) is 1. The second-order valence-corrected chi connectivity index (χ2v) is 5.81. The van der Waals surface area contributed by atoms with E-state index in [0.717, 1.165) is 6.54 Å². The van der Waals surface area contributed by atoms with Crippen LogP contribution >= 0.6 is 15.9 Å². The van der Waals surface area contributed by atoms with Crippen LogP contribution in [0.15, 0.2) is 47.1 Å². The van der Waals surface area contributed by atoms with Gasteiger partial charge in [-0.05, 0) is 40.2 Å². The van der Waals surface area contributed by atoms with Gasteiger partial charge in [-0.25, -0.2) is 4.39 Å². The van der Waals surface area contributed by atoms with E-state index in [4.69, 9.17) is 9.47 Å². The molecule has 22 heavy (non-hydrogen) atoms. The van der Waals surface area contributed by atoms with Gasteiger partial charge in [0.25, 0.3) is 0 Å². The Kier molecular flexibility index (Phi) is 5.02. The van der Waals surface area contributed by atoms with Gasteiger partial charge in [-0.3, -0.25) is 4.98 Å². The van der Waals surface area contributed by atoms with E-state index in [1.54, 1.807) is 18.3 Å². The molecule has 0 radical (unpaired) electrons. The second-order valence-electron chi connectivity index (χ2n) is 4.96. The lowest BCUT2D eigenvalue weighted by Crippen LogP contribution is -2.43. The number of benzene rings is 1. The molecule has 1 N–H and O–H groups in total. The highest BCUT2D eigenvalue weighted by molar-refractivity contribution is 9.10. The summed E-state index contributed by atoms with van der Waals surface area (Å²) in [6.07, 6.45) is 0.982. The van der Waals surface area contributed by atoms with E-state index < -0.39 is 11.9 Å². The Morgan fingerprint density at radius 1 is 1.32 bits per heavy atom. The minimum absolute atomic E-state index is 0.173. The summed E-state index contributed by atoms with van der Waals surface area (Å²) in [6.45, 7) is 2.03. The Bertz CT molecular complexity index is 601.